The van der Waals surface area contributed by atoms with E-state index in [4.69, 9.17) is 0 Å². The molecule has 5 nitrogen and oxygen atoms in total. The number of fused-ring (bicyclic) bond motifs is 5. The van der Waals surface area contributed by atoms with Crippen LogP contribution in [0.4, 0.5) is 0 Å². The molecule has 1 aromatic heterocycles. The molecule has 4 aliphatic rings. The molecule has 0 amide bonds. The Bertz CT molecular complexity index is 1070. The summed E-state index contributed by atoms with van der Waals surface area (Å²) in [5, 5.41) is 23.3. The summed E-state index contributed by atoms with van der Waals surface area (Å²) in [5.41, 5.74) is -0.267. The van der Waals surface area contributed by atoms with Crippen molar-refractivity contribution in [3.8, 4) is 0 Å². The Morgan fingerprint density at radius 2 is 2.06 bits per heavy atom. The van der Waals surface area contributed by atoms with E-state index in [1.165, 1.54) is 0 Å². The first kappa shape index (κ1) is 23.4. The number of aromatic nitrogens is 1. The van der Waals surface area contributed by atoms with Gasteiger partial charge in [-0.3, -0.25) is 0 Å². The van der Waals surface area contributed by atoms with Gasteiger partial charge in [0.05, 0.1) is 0 Å². The molecule has 0 aliphatic heterocycles. The average molecular weight is 562 g/mol. The normalized spacial score (nSPS) is 41.8. The molecule has 0 radical (unpaired) electrons. The van der Waals surface area contributed by atoms with Crippen LogP contribution in [0.2, 0.25) is 0 Å². The maximum absolute atomic E-state index is 13.5. The van der Waals surface area contributed by atoms with Gasteiger partial charge < -0.3 is 0 Å². The van der Waals surface area contributed by atoms with E-state index in [1.807, 2.05) is 38.1 Å². The van der Waals surface area contributed by atoms with E-state index in [9.17, 15) is 19.8 Å². The molecule has 7 atom stereocenters. The number of aliphatic hydroxyl groups excluding tert-OH is 1. The summed E-state index contributed by atoms with van der Waals surface area (Å²) in [6.45, 7) is 6.14. The molecule has 3 fully saturated rings. The molecular formula is C27H33INO4-. The van der Waals surface area contributed by atoms with Crippen LogP contribution in [-0.4, -0.2) is 42.9 Å². The number of aliphatic hydroxyl groups is 2. The van der Waals surface area contributed by atoms with Gasteiger partial charge in [-0.25, -0.2) is 0 Å². The molecule has 0 aromatic carbocycles. The molecule has 5 rings (SSSR count). The third-order valence-electron chi connectivity index (χ3n) is 9.29. The second-order valence-corrected chi connectivity index (χ2v) is 13.5. The van der Waals surface area contributed by atoms with Crippen molar-refractivity contribution in [1.29, 1.82) is 0 Å². The Kier molecular flexibility index (Phi) is 5.73. The number of halogens is 1. The van der Waals surface area contributed by atoms with Crippen molar-refractivity contribution in [2.45, 2.75) is 64.6 Å². The fourth-order valence-corrected chi connectivity index (χ4v) is 9.99. The fourth-order valence-electron chi connectivity index (χ4n) is 7.61. The van der Waals surface area contributed by atoms with E-state index < -0.39 is 38.3 Å². The van der Waals surface area contributed by atoms with Gasteiger partial charge in [-0.2, -0.15) is 0 Å². The van der Waals surface area contributed by atoms with Crippen molar-refractivity contribution >= 4 is 11.6 Å². The molecule has 0 bridgehead atoms. The van der Waals surface area contributed by atoms with E-state index in [-0.39, 0.29) is 34.7 Å². The number of Topliss-reactive ketones (excluding diaryl/α,β-unsaturated/α-hetero) is 1. The van der Waals surface area contributed by atoms with Gasteiger partial charge in [0.1, 0.15) is 0 Å². The van der Waals surface area contributed by atoms with Crippen LogP contribution >= 0.6 is 0 Å². The van der Waals surface area contributed by atoms with E-state index >= 15 is 0 Å². The van der Waals surface area contributed by atoms with Crippen molar-refractivity contribution in [3.63, 3.8) is 0 Å². The molecule has 2 N–H and O–H groups in total. The van der Waals surface area contributed by atoms with Crippen LogP contribution in [0, 0.1) is 39.2 Å². The Morgan fingerprint density at radius 3 is 2.82 bits per heavy atom. The number of hydrogen-bond donors (Lipinski definition) is 2. The number of carbonyl (C=O) groups excluding carboxylic acids is 2. The predicted octanol–water partition coefficient (Wildman–Crippen LogP) is 0.228. The molecule has 33 heavy (non-hydrogen) atoms. The van der Waals surface area contributed by atoms with Gasteiger partial charge in [0.2, 0.25) is 0 Å². The Morgan fingerprint density at radius 1 is 1.27 bits per heavy atom. The van der Waals surface area contributed by atoms with Crippen LogP contribution in [-0.2, 0) is 9.59 Å². The zero-order valence-electron chi connectivity index (χ0n) is 19.6. The first-order valence-corrected chi connectivity index (χ1v) is 14.6. The van der Waals surface area contributed by atoms with Crippen molar-refractivity contribution in [3.05, 3.63) is 51.4 Å². The monoisotopic (exact) mass is 562 g/mol. The summed E-state index contributed by atoms with van der Waals surface area (Å²) in [6, 6.07) is 5.90. The van der Waals surface area contributed by atoms with Gasteiger partial charge in [-0.1, -0.05) is 0 Å². The summed E-state index contributed by atoms with van der Waals surface area (Å²) in [4.78, 5) is 30.0. The number of rotatable bonds is 4. The fraction of sp³-hybridized carbons (Fsp3) is 0.593. The number of nitrogens with zero attached hydrogens (tertiary/aromatic N) is 1. The van der Waals surface area contributed by atoms with E-state index in [0.29, 0.717) is 17.3 Å². The van der Waals surface area contributed by atoms with E-state index in [0.717, 1.165) is 34.2 Å². The average Bonchev–Trinajstić information content (AvgIpc) is 3.03. The zero-order valence-corrected chi connectivity index (χ0v) is 21.7. The minimum atomic E-state index is -1.39. The van der Waals surface area contributed by atoms with Crippen LogP contribution in [0.15, 0.2) is 42.0 Å². The van der Waals surface area contributed by atoms with Crippen molar-refractivity contribution in [2.24, 2.45) is 28.6 Å². The van der Waals surface area contributed by atoms with Gasteiger partial charge in [0.15, 0.2) is 0 Å². The molecule has 4 aliphatic carbocycles. The molecule has 5 unspecified atom stereocenters. The number of ketones is 2. The summed E-state index contributed by atoms with van der Waals surface area (Å²) >= 11 is -0.612. The minimum absolute atomic E-state index is 0.0151. The van der Waals surface area contributed by atoms with E-state index in [2.05, 4.69) is 11.9 Å². The first-order chi connectivity index (χ1) is 15.6. The number of alkyl halides is 1. The predicted molar refractivity (Wildman–Crippen MR) is 121 cm³/mol. The van der Waals surface area contributed by atoms with Crippen LogP contribution in [0.25, 0.3) is 0 Å². The SMILES string of the molecule is Cc1cccc([I-]CC(=O)[C@@]2(O)CCC3C4CCC5=CC(=O)C=CC5(C)C4[C@@H](O)CC32C)n1. The van der Waals surface area contributed by atoms with Crippen LogP contribution in [0.3, 0.4) is 0 Å². The molecule has 6 heteroatoms. The third kappa shape index (κ3) is 3.50. The molecule has 1 aromatic rings. The van der Waals surface area contributed by atoms with Crippen LogP contribution in [0.1, 0.15) is 51.6 Å². The van der Waals surface area contributed by atoms with E-state index in [1.54, 1.807) is 12.2 Å². The third-order valence-corrected chi connectivity index (χ3v) is 11.7. The number of carbonyl (C=O) groups is 2. The molecule has 3 saturated carbocycles. The topological polar surface area (TPSA) is 87.5 Å². The Balaban J connectivity index is 1.40. The molecule has 0 saturated heterocycles. The van der Waals surface area contributed by atoms with Crippen molar-refractivity contribution in [2.75, 3.05) is 4.43 Å². The molecule has 0 spiro atoms. The summed E-state index contributed by atoms with van der Waals surface area (Å²) in [6.07, 6.45) is 8.23. The number of aryl methyl sites for hydroxylation is 1. The molecular weight excluding hydrogens is 529 g/mol. The van der Waals surface area contributed by atoms with Crippen molar-refractivity contribution in [1.82, 2.24) is 4.98 Å². The Hall–Kier alpha value is -1.38. The van der Waals surface area contributed by atoms with Gasteiger partial charge in [-0.15, -0.1) is 0 Å². The summed E-state index contributed by atoms with van der Waals surface area (Å²) < 4.78 is 1.35. The van der Waals surface area contributed by atoms with Crippen molar-refractivity contribution < 1.29 is 41.0 Å². The van der Waals surface area contributed by atoms with Gasteiger partial charge in [0, 0.05) is 0 Å². The summed E-state index contributed by atoms with van der Waals surface area (Å²) in [5.74, 6) is 0.401. The van der Waals surface area contributed by atoms with Crippen LogP contribution < -0.4 is 21.2 Å². The van der Waals surface area contributed by atoms with Crippen LogP contribution in [0.5, 0.6) is 0 Å². The van der Waals surface area contributed by atoms with Gasteiger partial charge in [-0.05, 0) is 0 Å². The molecule has 178 valence electrons. The second kappa shape index (κ2) is 8.09. The quantitative estimate of drug-likeness (QED) is 0.312. The second-order valence-electron chi connectivity index (χ2n) is 10.9. The number of hydrogen-bond acceptors (Lipinski definition) is 5. The number of allylic oxidation sites excluding steroid dienone is 4. The molecule has 1 heterocycles. The van der Waals surface area contributed by atoms with Gasteiger partial charge >= 0.3 is 207 Å². The summed E-state index contributed by atoms with van der Waals surface area (Å²) in [7, 11) is 0. The van der Waals surface area contributed by atoms with Gasteiger partial charge in [0.25, 0.3) is 0 Å². The Labute approximate surface area is 206 Å². The first-order valence-electron chi connectivity index (χ1n) is 12.0. The standard InChI is InChI=1S/C27H33INO4/c1-16-5-4-6-23(29-16)28-15-22(32)27(33)12-10-20-19-8-7-17-13-18(30)9-11-25(17,2)24(19)21(31)14-26(20,27)3/h4-6,9,11,13,19-21,24,31,33H,7-8,10,12,14-15H2,1-3H3/q-1/t19?,20?,21-,24?,25?,26?,27-/m0/s1. The zero-order chi connectivity index (χ0) is 23.6. The number of pyridine rings is 1. The maximum atomic E-state index is 13.5.